The molecule has 0 spiro atoms. The van der Waals surface area contributed by atoms with Crippen LogP contribution < -0.4 is 5.32 Å². The second-order valence-corrected chi connectivity index (χ2v) is 4.62. The van der Waals surface area contributed by atoms with Gasteiger partial charge in [-0.25, -0.2) is 0 Å². The first kappa shape index (κ1) is 11.5. The van der Waals surface area contributed by atoms with E-state index in [9.17, 15) is 4.79 Å². The van der Waals surface area contributed by atoms with Crippen LogP contribution in [-0.2, 0) is 4.74 Å². The molecule has 1 atom stereocenters. The number of halogens is 1. The molecular formula is C11H14ClNO3. The van der Waals surface area contributed by atoms with Crippen LogP contribution in [0.2, 0.25) is 5.22 Å². The van der Waals surface area contributed by atoms with E-state index in [-0.39, 0.29) is 16.7 Å². The second kappa shape index (κ2) is 4.47. The van der Waals surface area contributed by atoms with E-state index in [2.05, 4.69) is 5.32 Å². The van der Waals surface area contributed by atoms with Gasteiger partial charge in [-0.05, 0) is 37.4 Å². The number of amides is 1. The SMILES string of the molecule is CC1(NC(=O)c2ccoc2Cl)CCCOC1. The Balaban J connectivity index is 2.04. The van der Waals surface area contributed by atoms with Crippen LogP contribution in [0.25, 0.3) is 0 Å². The minimum Gasteiger partial charge on any atom is -0.452 e. The molecule has 1 saturated heterocycles. The highest BCUT2D eigenvalue weighted by atomic mass is 35.5. The number of nitrogens with one attached hydrogen (secondary N) is 1. The highest BCUT2D eigenvalue weighted by molar-refractivity contribution is 6.32. The number of hydrogen-bond acceptors (Lipinski definition) is 3. The van der Waals surface area contributed by atoms with E-state index in [1.165, 1.54) is 6.26 Å². The van der Waals surface area contributed by atoms with E-state index in [4.69, 9.17) is 20.8 Å². The summed E-state index contributed by atoms with van der Waals surface area (Å²) < 4.78 is 10.2. The average Bonchev–Trinajstić information content (AvgIpc) is 2.65. The Kier molecular flexibility index (Phi) is 3.21. The van der Waals surface area contributed by atoms with Crippen LogP contribution >= 0.6 is 11.6 Å². The molecule has 0 radical (unpaired) electrons. The lowest BCUT2D eigenvalue weighted by Crippen LogP contribution is -2.51. The molecule has 0 bridgehead atoms. The van der Waals surface area contributed by atoms with E-state index in [1.54, 1.807) is 6.07 Å². The molecule has 0 aromatic carbocycles. The first-order valence-corrected chi connectivity index (χ1v) is 5.62. The molecule has 2 heterocycles. The van der Waals surface area contributed by atoms with Crippen molar-refractivity contribution in [3.63, 3.8) is 0 Å². The lowest BCUT2D eigenvalue weighted by molar-refractivity contribution is 0.0272. The Morgan fingerprint density at radius 3 is 3.00 bits per heavy atom. The zero-order valence-electron chi connectivity index (χ0n) is 9.09. The van der Waals surface area contributed by atoms with Crippen LogP contribution in [0.4, 0.5) is 0 Å². The van der Waals surface area contributed by atoms with Gasteiger partial charge in [0.2, 0.25) is 5.22 Å². The third-order valence-electron chi connectivity index (χ3n) is 2.72. The fourth-order valence-electron chi connectivity index (χ4n) is 1.83. The molecule has 88 valence electrons. The third kappa shape index (κ3) is 2.39. The smallest absolute Gasteiger partial charge is 0.256 e. The van der Waals surface area contributed by atoms with Crippen LogP contribution in [0, 0.1) is 0 Å². The molecule has 1 aromatic rings. The van der Waals surface area contributed by atoms with Crippen LogP contribution in [0.15, 0.2) is 16.7 Å². The normalized spacial score (nSPS) is 25.4. The second-order valence-electron chi connectivity index (χ2n) is 4.28. The Morgan fingerprint density at radius 2 is 2.44 bits per heavy atom. The average molecular weight is 244 g/mol. The summed E-state index contributed by atoms with van der Waals surface area (Å²) >= 11 is 5.74. The molecule has 1 unspecified atom stereocenters. The predicted molar refractivity (Wildman–Crippen MR) is 59.6 cm³/mol. The van der Waals surface area contributed by atoms with Gasteiger partial charge in [-0.1, -0.05) is 0 Å². The lowest BCUT2D eigenvalue weighted by atomic mass is 9.94. The summed E-state index contributed by atoms with van der Waals surface area (Å²) in [5.74, 6) is -0.216. The van der Waals surface area contributed by atoms with Crippen LogP contribution in [-0.4, -0.2) is 24.7 Å². The maximum Gasteiger partial charge on any atom is 0.256 e. The van der Waals surface area contributed by atoms with Crippen molar-refractivity contribution in [1.82, 2.24) is 5.32 Å². The number of hydrogen-bond donors (Lipinski definition) is 1. The maximum absolute atomic E-state index is 11.9. The zero-order valence-corrected chi connectivity index (χ0v) is 9.84. The van der Waals surface area contributed by atoms with Crippen molar-refractivity contribution in [3.8, 4) is 0 Å². The topological polar surface area (TPSA) is 51.5 Å². The molecule has 0 aliphatic carbocycles. The number of carbonyl (C=O) groups excluding carboxylic acids is 1. The summed E-state index contributed by atoms with van der Waals surface area (Å²) in [5, 5.41) is 3.05. The van der Waals surface area contributed by atoms with Crippen molar-refractivity contribution in [2.45, 2.75) is 25.3 Å². The van der Waals surface area contributed by atoms with Crippen LogP contribution in [0.3, 0.4) is 0 Å². The minimum atomic E-state index is -0.310. The van der Waals surface area contributed by atoms with Gasteiger partial charge in [0.1, 0.15) is 0 Å². The number of ether oxygens (including phenoxy) is 1. The van der Waals surface area contributed by atoms with Crippen molar-refractivity contribution in [2.75, 3.05) is 13.2 Å². The molecule has 4 nitrogen and oxygen atoms in total. The van der Waals surface area contributed by atoms with Gasteiger partial charge in [0.15, 0.2) is 0 Å². The molecule has 1 aliphatic heterocycles. The van der Waals surface area contributed by atoms with Crippen molar-refractivity contribution in [1.29, 1.82) is 0 Å². The highest BCUT2D eigenvalue weighted by Crippen LogP contribution is 2.21. The van der Waals surface area contributed by atoms with Gasteiger partial charge < -0.3 is 14.5 Å². The third-order valence-corrected chi connectivity index (χ3v) is 3.01. The number of furan rings is 1. The van der Waals surface area contributed by atoms with E-state index >= 15 is 0 Å². The molecule has 1 aliphatic rings. The minimum absolute atomic E-state index is 0.123. The van der Waals surface area contributed by atoms with Crippen LogP contribution in [0.1, 0.15) is 30.1 Å². The molecule has 1 N–H and O–H groups in total. The van der Waals surface area contributed by atoms with Gasteiger partial charge in [0.25, 0.3) is 5.91 Å². The fourth-order valence-corrected chi connectivity index (χ4v) is 2.03. The van der Waals surface area contributed by atoms with Crippen molar-refractivity contribution in [3.05, 3.63) is 23.1 Å². The van der Waals surface area contributed by atoms with Gasteiger partial charge in [-0.15, -0.1) is 0 Å². The molecule has 2 rings (SSSR count). The standard InChI is InChI=1S/C11H14ClNO3/c1-11(4-2-5-15-7-11)13-10(14)8-3-6-16-9(8)12/h3,6H,2,4-5,7H2,1H3,(H,13,14). The zero-order chi connectivity index (χ0) is 11.6. The molecular weight excluding hydrogens is 230 g/mol. The van der Waals surface area contributed by atoms with Gasteiger partial charge in [-0.2, -0.15) is 0 Å². The van der Waals surface area contributed by atoms with Crippen LogP contribution in [0.5, 0.6) is 0 Å². The van der Waals surface area contributed by atoms with Crippen molar-refractivity contribution < 1.29 is 13.9 Å². The summed E-state index contributed by atoms with van der Waals surface area (Å²) in [6.07, 6.45) is 3.26. The van der Waals surface area contributed by atoms with Crippen molar-refractivity contribution >= 4 is 17.5 Å². The molecule has 1 amide bonds. The Morgan fingerprint density at radius 1 is 1.62 bits per heavy atom. The Bertz CT molecular complexity index is 382. The summed E-state index contributed by atoms with van der Waals surface area (Å²) in [6, 6.07) is 1.56. The van der Waals surface area contributed by atoms with Gasteiger partial charge >= 0.3 is 0 Å². The van der Waals surface area contributed by atoms with E-state index in [0.717, 1.165) is 19.4 Å². The molecule has 16 heavy (non-hydrogen) atoms. The quantitative estimate of drug-likeness (QED) is 0.867. The summed E-state index contributed by atoms with van der Waals surface area (Å²) in [4.78, 5) is 11.9. The number of carbonyl (C=O) groups is 1. The number of rotatable bonds is 2. The molecule has 1 fully saturated rings. The largest absolute Gasteiger partial charge is 0.452 e. The molecule has 1 aromatic heterocycles. The van der Waals surface area contributed by atoms with Gasteiger partial charge in [0.05, 0.1) is 24.0 Å². The van der Waals surface area contributed by atoms with E-state index in [0.29, 0.717) is 12.2 Å². The monoisotopic (exact) mass is 243 g/mol. The van der Waals surface area contributed by atoms with E-state index in [1.807, 2.05) is 6.92 Å². The first-order valence-electron chi connectivity index (χ1n) is 5.24. The Labute approximate surface area is 98.9 Å². The first-order chi connectivity index (χ1) is 7.61. The predicted octanol–water partition coefficient (Wildman–Crippen LogP) is 2.23. The van der Waals surface area contributed by atoms with Gasteiger partial charge in [-0.3, -0.25) is 4.79 Å². The summed E-state index contributed by atoms with van der Waals surface area (Å²) in [5.41, 5.74) is 0.0594. The fraction of sp³-hybridized carbons (Fsp3) is 0.545. The summed E-state index contributed by atoms with van der Waals surface area (Å²) in [6.45, 7) is 3.27. The Hall–Kier alpha value is -1.00. The highest BCUT2D eigenvalue weighted by Gasteiger charge is 2.30. The molecule has 5 heteroatoms. The maximum atomic E-state index is 11.9. The lowest BCUT2D eigenvalue weighted by Gasteiger charge is -2.34. The molecule has 0 saturated carbocycles. The summed E-state index contributed by atoms with van der Waals surface area (Å²) in [7, 11) is 0. The van der Waals surface area contributed by atoms with Gasteiger partial charge in [0, 0.05) is 6.61 Å². The van der Waals surface area contributed by atoms with Crippen molar-refractivity contribution in [2.24, 2.45) is 0 Å². The van der Waals surface area contributed by atoms with E-state index < -0.39 is 0 Å².